The number of sulfone groups is 1. The van der Waals surface area contributed by atoms with Crippen molar-refractivity contribution in [3.8, 4) is 0 Å². The lowest BCUT2D eigenvalue weighted by molar-refractivity contribution is -0.134. The Kier molecular flexibility index (Phi) is 5.26. The maximum absolute atomic E-state index is 13.0. The Bertz CT molecular complexity index is 484. The fraction of sp³-hybridized carbons (Fsp3) is 0.929. The Morgan fingerprint density at radius 1 is 1.33 bits per heavy atom. The third kappa shape index (κ3) is 3.40. The van der Waals surface area contributed by atoms with Crippen molar-refractivity contribution in [1.82, 2.24) is 10.2 Å². The van der Waals surface area contributed by atoms with Crippen molar-refractivity contribution in [1.29, 1.82) is 0 Å². The predicted octanol–water partition coefficient (Wildman–Crippen LogP) is 0.753. The first-order valence-corrected chi connectivity index (χ1v) is 10.5. The minimum Gasteiger partial charge on any atom is -0.339 e. The van der Waals surface area contributed by atoms with E-state index in [1.807, 2.05) is 11.8 Å². The molecule has 0 aromatic carbocycles. The van der Waals surface area contributed by atoms with Crippen molar-refractivity contribution >= 4 is 27.5 Å². The SMILES string of the molecule is CC(C)C1CN(C(=O)C2(S(C)(=O)=O)CCNCC2)CCS1. The molecule has 2 rings (SSSR count). The van der Waals surface area contributed by atoms with Crippen LogP contribution in [0.5, 0.6) is 0 Å². The lowest BCUT2D eigenvalue weighted by Gasteiger charge is -2.42. The van der Waals surface area contributed by atoms with E-state index in [-0.39, 0.29) is 5.91 Å². The number of amides is 1. The summed E-state index contributed by atoms with van der Waals surface area (Å²) in [6, 6.07) is 0. The standard InChI is InChI=1S/C14H26N2O3S2/c1-11(2)12-10-16(8-9-20-12)13(17)14(21(3,18)19)4-6-15-7-5-14/h11-12,15H,4-10H2,1-3H3. The average molecular weight is 335 g/mol. The molecule has 1 N–H and O–H groups in total. The van der Waals surface area contributed by atoms with E-state index < -0.39 is 14.6 Å². The number of hydrogen-bond donors (Lipinski definition) is 1. The Labute approximate surface area is 132 Å². The molecule has 1 amide bonds. The van der Waals surface area contributed by atoms with E-state index in [1.54, 1.807) is 4.90 Å². The van der Waals surface area contributed by atoms with E-state index in [9.17, 15) is 13.2 Å². The second-order valence-electron chi connectivity index (χ2n) is 6.42. The summed E-state index contributed by atoms with van der Waals surface area (Å²) in [6.07, 6.45) is 2.00. The van der Waals surface area contributed by atoms with Gasteiger partial charge in [-0.2, -0.15) is 11.8 Å². The molecule has 0 bridgehead atoms. The summed E-state index contributed by atoms with van der Waals surface area (Å²) in [6.45, 7) is 6.83. The summed E-state index contributed by atoms with van der Waals surface area (Å²) in [5.41, 5.74) is 0. The molecular formula is C14H26N2O3S2. The highest BCUT2D eigenvalue weighted by Crippen LogP contribution is 2.33. The lowest BCUT2D eigenvalue weighted by atomic mass is 9.94. The van der Waals surface area contributed by atoms with E-state index in [2.05, 4.69) is 19.2 Å². The van der Waals surface area contributed by atoms with Crippen LogP contribution in [-0.4, -0.2) is 67.4 Å². The second-order valence-corrected chi connectivity index (χ2v) is 10.1. The smallest absolute Gasteiger partial charge is 0.244 e. The zero-order valence-electron chi connectivity index (χ0n) is 13.1. The first kappa shape index (κ1) is 17.1. The number of rotatable bonds is 3. The minimum absolute atomic E-state index is 0.169. The highest BCUT2D eigenvalue weighted by molar-refractivity contribution is 8.00. The first-order chi connectivity index (χ1) is 9.78. The van der Waals surface area contributed by atoms with Crippen LogP contribution in [0.15, 0.2) is 0 Å². The Hall–Kier alpha value is -0.270. The van der Waals surface area contributed by atoms with E-state index in [4.69, 9.17) is 0 Å². The fourth-order valence-electron chi connectivity index (χ4n) is 3.13. The van der Waals surface area contributed by atoms with Gasteiger partial charge in [-0.15, -0.1) is 0 Å². The number of nitrogens with one attached hydrogen (secondary N) is 1. The molecule has 21 heavy (non-hydrogen) atoms. The number of thioether (sulfide) groups is 1. The van der Waals surface area contributed by atoms with Gasteiger partial charge in [0, 0.05) is 30.3 Å². The van der Waals surface area contributed by atoms with Crippen LogP contribution in [0.25, 0.3) is 0 Å². The zero-order valence-corrected chi connectivity index (χ0v) is 14.7. The highest BCUT2D eigenvalue weighted by Gasteiger charge is 2.51. The van der Waals surface area contributed by atoms with Gasteiger partial charge in [0.15, 0.2) is 14.6 Å². The lowest BCUT2D eigenvalue weighted by Crippen LogP contribution is -2.60. The molecule has 2 aliphatic rings. The van der Waals surface area contributed by atoms with Gasteiger partial charge in [0.25, 0.3) is 0 Å². The molecule has 0 aromatic rings. The van der Waals surface area contributed by atoms with E-state index in [0.29, 0.717) is 50.2 Å². The maximum Gasteiger partial charge on any atom is 0.244 e. The van der Waals surface area contributed by atoms with Crippen molar-refractivity contribution in [2.75, 3.05) is 38.2 Å². The molecule has 0 aliphatic carbocycles. The Morgan fingerprint density at radius 2 is 1.95 bits per heavy atom. The molecule has 2 heterocycles. The molecule has 1 atom stereocenters. The Morgan fingerprint density at radius 3 is 2.48 bits per heavy atom. The summed E-state index contributed by atoms with van der Waals surface area (Å²) in [5.74, 6) is 1.22. The molecule has 0 saturated carbocycles. The zero-order chi connectivity index (χ0) is 15.7. The largest absolute Gasteiger partial charge is 0.339 e. The molecular weight excluding hydrogens is 308 g/mol. The maximum atomic E-state index is 13.0. The van der Waals surface area contributed by atoms with Crippen LogP contribution < -0.4 is 5.32 Å². The van der Waals surface area contributed by atoms with Crippen LogP contribution in [0.4, 0.5) is 0 Å². The van der Waals surface area contributed by atoms with Gasteiger partial charge in [0.1, 0.15) is 0 Å². The highest BCUT2D eigenvalue weighted by atomic mass is 32.2. The summed E-state index contributed by atoms with van der Waals surface area (Å²) in [5, 5.41) is 3.56. The third-order valence-electron chi connectivity index (χ3n) is 4.64. The van der Waals surface area contributed by atoms with Gasteiger partial charge < -0.3 is 10.2 Å². The topological polar surface area (TPSA) is 66.5 Å². The number of nitrogens with zero attached hydrogens (tertiary/aromatic N) is 1. The quantitative estimate of drug-likeness (QED) is 0.825. The third-order valence-corrected chi connectivity index (χ3v) is 8.18. The van der Waals surface area contributed by atoms with Crippen molar-refractivity contribution in [3.63, 3.8) is 0 Å². The summed E-state index contributed by atoms with van der Waals surface area (Å²) >= 11 is 1.89. The molecule has 2 saturated heterocycles. The van der Waals surface area contributed by atoms with Crippen LogP contribution in [0.1, 0.15) is 26.7 Å². The molecule has 5 nitrogen and oxygen atoms in total. The van der Waals surface area contributed by atoms with Crippen LogP contribution in [0.2, 0.25) is 0 Å². The van der Waals surface area contributed by atoms with Gasteiger partial charge in [-0.3, -0.25) is 4.79 Å². The molecule has 1 unspecified atom stereocenters. The number of piperidine rings is 1. The summed E-state index contributed by atoms with van der Waals surface area (Å²) in [7, 11) is -3.41. The molecule has 2 aliphatic heterocycles. The van der Waals surface area contributed by atoms with Crippen molar-refractivity contribution in [2.45, 2.75) is 36.7 Å². The van der Waals surface area contributed by atoms with Crippen LogP contribution in [0.3, 0.4) is 0 Å². The fourth-order valence-corrected chi connectivity index (χ4v) is 5.82. The van der Waals surface area contributed by atoms with Crippen LogP contribution in [0, 0.1) is 5.92 Å². The van der Waals surface area contributed by atoms with Crippen molar-refractivity contribution in [2.24, 2.45) is 5.92 Å². The van der Waals surface area contributed by atoms with Gasteiger partial charge in [0.2, 0.25) is 5.91 Å². The number of carbonyl (C=O) groups is 1. The molecule has 0 radical (unpaired) electrons. The average Bonchev–Trinajstić information content (AvgIpc) is 2.46. The van der Waals surface area contributed by atoms with Gasteiger partial charge >= 0.3 is 0 Å². The summed E-state index contributed by atoms with van der Waals surface area (Å²) < 4.78 is 23.4. The molecule has 0 spiro atoms. The number of hydrogen-bond acceptors (Lipinski definition) is 5. The predicted molar refractivity (Wildman–Crippen MR) is 87.3 cm³/mol. The van der Waals surface area contributed by atoms with Crippen LogP contribution in [-0.2, 0) is 14.6 Å². The van der Waals surface area contributed by atoms with E-state index in [0.717, 1.165) is 5.75 Å². The monoisotopic (exact) mass is 334 g/mol. The van der Waals surface area contributed by atoms with E-state index in [1.165, 1.54) is 6.26 Å². The van der Waals surface area contributed by atoms with Gasteiger partial charge in [-0.05, 0) is 31.8 Å². The van der Waals surface area contributed by atoms with Crippen molar-refractivity contribution < 1.29 is 13.2 Å². The molecule has 122 valence electrons. The normalized spacial score (nSPS) is 26.9. The van der Waals surface area contributed by atoms with Gasteiger partial charge in [-0.1, -0.05) is 13.8 Å². The summed E-state index contributed by atoms with van der Waals surface area (Å²) in [4.78, 5) is 14.8. The molecule has 0 aromatic heterocycles. The van der Waals surface area contributed by atoms with Crippen LogP contribution >= 0.6 is 11.8 Å². The number of carbonyl (C=O) groups excluding carboxylic acids is 1. The minimum atomic E-state index is -3.41. The van der Waals surface area contributed by atoms with E-state index >= 15 is 0 Å². The first-order valence-electron chi connectivity index (χ1n) is 7.59. The Balaban J connectivity index is 2.23. The van der Waals surface area contributed by atoms with Gasteiger partial charge in [-0.25, -0.2) is 8.42 Å². The van der Waals surface area contributed by atoms with Crippen molar-refractivity contribution in [3.05, 3.63) is 0 Å². The van der Waals surface area contributed by atoms with Gasteiger partial charge in [0.05, 0.1) is 0 Å². The molecule has 7 heteroatoms. The second kappa shape index (κ2) is 6.46. The molecule has 2 fully saturated rings.